The van der Waals surface area contributed by atoms with E-state index in [1.54, 1.807) is 18.4 Å². The van der Waals surface area contributed by atoms with Crippen LogP contribution in [0.4, 0.5) is 0 Å². The van der Waals surface area contributed by atoms with Gasteiger partial charge < -0.3 is 9.84 Å². The number of rotatable bonds is 1. The normalized spacial score (nSPS) is 28.5. The van der Waals surface area contributed by atoms with Crippen molar-refractivity contribution in [2.75, 3.05) is 6.61 Å². The number of carbonyl (C=O) groups excluding carboxylic acids is 1. The zero-order valence-corrected chi connectivity index (χ0v) is 8.73. The van der Waals surface area contributed by atoms with Gasteiger partial charge in [-0.15, -0.1) is 0 Å². The molecule has 0 fully saturated rings. The molecule has 1 atom stereocenters. The third-order valence-electron chi connectivity index (χ3n) is 2.61. The van der Waals surface area contributed by atoms with Gasteiger partial charge in [-0.1, -0.05) is 13.8 Å². The number of nitrogens with zero attached hydrogens (tertiary/aromatic N) is 1. The first-order valence-electron chi connectivity index (χ1n) is 4.83. The molecular weight excluding hydrogens is 194 g/mol. The summed E-state index contributed by atoms with van der Waals surface area (Å²) < 4.78 is 4.78. The van der Waals surface area contributed by atoms with Crippen molar-refractivity contribution in [1.29, 1.82) is 0 Å². The van der Waals surface area contributed by atoms with Gasteiger partial charge in [0, 0.05) is 11.6 Å². The Hall–Kier alpha value is -1.42. The van der Waals surface area contributed by atoms with Crippen molar-refractivity contribution < 1.29 is 14.6 Å². The van der Waals surface area contributed by atoms with Crippen LogP contribution < -0.4 is 0 Å². The third kappa shape index (κ3) is 1.72. The number of hydrogen-bond acceptors (Lipinski definition) is 4. The molecule has 0 bridgehead atoms. The van der Waals surface area contributed by atoms with Crippen molar-refractivity contribution in [3.05, 3.63) is 23.4 Å². The van der Waals surface area contributed by atoms with E-state index < -0.39 is 6.10 Å². The number of ether oxygens (including phenoxy) is 1. The second-order valence-electron chi connectivity index (χ2n) is 4.29. The molecule has 2 rings (SSSR count). The highest BCUT2D eigenvalue weighted by atomic mass is 16.5. The van der Waals surface area contributed by atoms with Gasteiger partial charge in [-0.05, 0) is 12.2 Å². The van der Waals surface area contributed by atoms with Gasteiger partial charge >= 0.3 is 5.97 Å². The van der Waals surface area contributed by atoms with Crippen LogP contribution in [0.2, 0.25) is 0 Å². The number of carbonyl (C=O) groups is 1. The van der Waals surface area contributed by atoms with Gasteiger partial charge in [-0.3, -0.25) is 4.99 Å². The second-order valence-corrected chi connectivity index (χ2v) is 4.29. The Labute approximate surface area is 88.0 Å². The SMILES string of the molecule is CC1(C)C=NC(C2=CCOC2=O)=CC1O. The smallest absolute Gasteiger partial charge is 0.340 e. The van der Waals surface area contributed by atoms with E-state index in [-0.39, 0.29) is 11.4 Å². The maximum atomic E-state index is 11.3. The highest BCUT2D eigenvalue weighted by Crippen LogP contribution is 2.29. The van der Waals surface area contributed by atoms with E-state index in [1.807, 2.05) is 13.8 Å². The van der Waals surface area contributed by atoms with Gasteiger partial charge in [-0.25, -0.2) is 4.79 Å². The lowest BCUT2D eigenvalue weighted by Gasteiger charge is -2.27. The molecule has 0 saturated carbocycles. The largest absolute Gasteiger partial charge is 0.458 e. The molecule has 0 saturated heterocycles. The summed E-state index contributed by atoms with van der Waals surface area (Å²) in [6.07, 6.45) is 4.31. The Kier molecular flexibility index (Phi) is 2.23. The molecule has 1 unspecified atom stereocenters. The summed E-state index contributed by atoms with van der Waals surface area (Å²) in [5.74, 6) is -0.370. The van der Waals surface area contributed by atoms with E-state index in [0.717, 1.165) is 0 Å². The molecule has 0 aromatic carbocycles. The van der Waals surface area contributed by atoms with E-state index in [9.17, 15) is 9.90 Å². The average Bonchev–Trinajstić information content (AvgIpc) is 2.57. The van der Waals surface area contributed by atoms with Crippen molar-refractivity contribution in [2.45, 2.75) is 20.0 Å². The molecule has 80 valence electrons. The average molecular weight is 207 g/mol. The summed E-state index contributed by atoms with van der Waals surface area (Å²) in [7, 11) is 0. The molecular formula is C11H13NO3. The maximum Gasteiger partial charge on any atom is 0.340 e. The molecule has 2 aliphatic heterocycles. The zero-order chi connectivity index (χ0) is 11.1. The fourth-order valence-corrected chi connectivity index (χ4v) is 1.45. The van der Waals surface area contributed by atoms with Gasteiger partial charge in [-0.2, -0.15) is 0 Å². The number of cyclic esters (lactones) is 1. The number of aliphatic hydroxyl groups excluding tert-OH is 1. The monoisotopic (exact) mass is 207 g/mol. The second kappa shape index (κ2) is 3.31. The lowest BCUT2D eigenvalue weighted by Crippen LogP contribution is -2.32. The quantitative estimate of drug-likeness (QED) is 0.648. The summed E-state index contributed by atoms with van der Waals surface area (Å²) in [5, 5.41) is 9.81. The Morgan fingerprint density at radius 1 is 1.60 bits per heavy atom. The maximum absolute atomic E-state index is 11.3. The van der Waals surface area contributed by atoms with E-state index in [4.69, 9.17) is 4.74 Å². The molecule has 0 aromatic rings. The first-order valence-corrected chi connectivity index (χ1v) is 4.83. The molecule has 0 amide bonds. The molecule has 0 spiro atoms. The minimum Gasteiger partial charge on any atom is -0.458 e. The van der Waals surface area contributed by atoms with E-state index >= 15 is 0 Å². The van der Waals surface area contributed by atoms with Crippen LogP contribution in [0.15, 0.2) is 28.4 Å². The Morgan fingerprint density at radius 2 is 2.33 bits per heavy atom. The predicted octanol–water partition coefficient (Wildman–Crippen LogP) is 0.825. The lowest BCUT2D eigenvalue weighted by molar-refractivity contribution is -0.135. The van der Waals surface area contributed by atoms with E-state index in [2.05, 4.69) is 4.99 Å². The topological polar surface area (TPSA) is 58.9 Å². The van der Waals surface area contributed by atoms with Gasteiger partial charge in [0.05, 0.1) is 17.4 Å². The van der Waals surface area contributed by atoms with Crippen LogP contribution in [0, 0.1) is 5.41 Å². The molecule has 0 radical (unpaired) electrons. The molecule has 0 aliphatic carbocycles. The van der Waals surface area contributed by atoms with Crippen molar-refractivity contribution in [3.8, 4) is 0 Å². The summed E-state index contributed by atoms with van der Waals surface area (Å²) in [6.45, 7) is 4.06. The lowest BCUT2D eigenvalue weighted by atomic mass is 9.85. The van der Waals surface area contributed by atoms with Crippen LogP contribution >= 0.6 is 0 Å². The van der Waals surface area contributed by atoms with Crippen LogP contribution in [0.5, 0.6) is 0 Å². The van der Waals surface area contributed by atoms with Crippen LogP contribution in [0.25, 0.3) is 0 Å². The molecule has 15 heavy (non-hydrogen) atoms. The number of esters is 1. The minimum atomic E-state index is -0.626. The van der Waals surface area contributed by atoms with Crippen LogP contribution in [0.1, 0.15) is 13.8 Å². The first kappa shape index (κ1) is 10.1. The molecule has 0 aromatic heterocycles. The minimum absolute atomic E-state index is 0.292. The van der Waals surface area contributed by atoms with Gasteiger partial charge in [0.25, 0.3) is 0 Å². The van der Waals surface area contributed by atoms with E-state index in [0.29, 0.717) is 17.9 Å². The number of aliphatic imine (C=N–C) groups is 1. The van der Waals surface area contributed by atoms with Gasteiger partial charge in [0.1, 0.15) is 6.61 Å². The van der Waals surface area contributed by atoms with Crippen LogP contribution in [-0.2, 0) is 9.53 Å². The fraction of sp³-hybridized carbons (Fsp3) is 0.455. The Morgan fingerprint density at radius 3 is 2.87 bits per heavy atom. The summed E-state index contributed by atoms with van der Waals surface area (Å²) >= 11 is 0. The Bertz CT molecular complexity index is 391. The molecule has 2 aliphatic rings. The first-order chi connectivity index (χ1) is 7.00. The third-order valence-corrected chi connectivity index (χ3v) is 2.61. The zero-order valence-electron chi connectivity index (χ0n) is 8.73. The predicted molar refractivity (Wildman–Crippen MR) is 55.4 cm³/mol. The number of aliphatic hydroxyl groups is 1. The van der Waals surface area contributed by atoms with Crippen molar-refractivity contribution in [1.82, 2.24) is 0 Å². The fourth-order valence-electron chi connectivity index (χ4n) is 1.45. The Balaban J connectivity index is 2.27. The number of hydrogen-bond donors (Lipinski definition) is 1. The summed E-state index contributed by atoms with van der Waals surface area (Å²) in [4.78, 5) is 15.4. The van der Waals surface area contributed by atoms with Gasteiger partial charge in [0.15, 0.2) is 0 Å². The summed E-state index contributed by atoms with van der Waals surface area (Å²) in [6, 6.07) is 0. The summed E-state index contributed by atoms with van der Waals surface area (Å²) in [5.41, 5.74) is 0.567. The van der Waals surface area contributed by atoms with Crippen molar-refractivity contribution in [2.24, 2.45) is 10.4 Å². The van der Waals surface area contributed by atoms with Crippen LogP contribution in [0.3, 0.4) is 0 Å². The van der Waals surface area contributed by atoms with Crippen LogP contribution in [-0.4, -0.2) is 30.0 Å². The standard InChI is InChI=1S/C11H13NO3/c1-11(2)6-12-8(5-9(11)13)7-3-4-15-10(7)14/h3,5-6,9,13H,4H2,1-2H3. The molecule has 1 N–H and O–H groups in total. The molecule has 4 nitrogen and oxygen atoms in total. The molecule has 2 heterocycles. The van der Waals surface area contributed by atoms with Crippen molar-refractivity contribution >= 4 is 12.2 Å². The molecule has 4 heteroatoms. The van der Waals surface area contributed by atoms with Crippen molar-refractivity contribution in [3.63, 3.8) is 0 Å². The van der Waals surface area contributed by atoms with E-state index in [1.165, 1.54) is 0 Å². The highest BCUT2D eigenvalue weighted by Gasteiger charge is 2.30. The van der Waals surface area contributed by atoms with Gasteiger partial charge in [0.2, 0.25) is 0 Å². The highest BCUT2D eigenvalue weighted by molar-refractivity contribution is 5.96.